The first-order valence-electron chi connectivity index (χ1n) is 9.39. The highest BCUT2D eigenvalue weighted by Crippen LogP contribution is 2.55. The average Bonchev–Trinajstić information content (AvgIpc) is 2.90. The van der Waals surface area contributed by atoms with Crippen molar-refractivity contribution in [1.82, 2.24) is 5.06 Å². The summed E-state index contributed by atoms with van der Waals surface area (Å²) < 4.78 is 121. The number of nitrogens with zero attached hydrogens (tertiary/aromatic N) is 1. The van der Waals surface area contributed by atoms with Crippen molar-refractivity contribution < 1.29 is 49.5 Å². The summed E-state index contributed by atoms with van der Waals surface area (Å²) in [5.74, 6) is -1.29. The van der Waals surface area contributed by atoms with Crippen LogP contribution >= 0.6 is 0 Å². The number of alkyl halides is 9. The molecule has 2 rings (SSSR count). The third-order valence-electron chi connectivity index (χ3n) is 6.22. The molecule has 0 aromatic heterocycles. The molecule has 0 spiro atoms. The molecule has 1 atom stereocenters. The minimum atomic E-state index is -6.83. The molecule has 1 aromatic carbocycles. The van der Waals surface area contributed by atoms with Gasteiger partial charge in [-0.15, -0.1) is 10.3 Å². The first-order valence-corrected chi connectivity index (χ1v) is 9.39. The molecule has 1 aromatic rings. The molecule has 0 aliphatic carbocycles. The van der Waals surface area contributed by atoms with Gasteiger partial charge in [0.25, 0.3) is 0 Å². The van der Waals surface area contributed by atoms with Crippen molar-refractivity contribution in [3.63, 3.8) is 0 Å². The SMILES string of the molecule is CCC1(CC)CCC(C)(c2ccc(OC(C(F)(F)F)(C(F)(F)F)C(F)(F)F)cc2)N1[O]. The Hall–Kier alpha value is -1.69. The monoisotopic (exact) mass is 466 g/mol. The Balaban J connectivity index is 2.45. The maximum atomic E-state index is 13.0. The van der Waals surface area contributed by atoms with E-state index in [1.54, 1.807) is 6.92 Å². The third kappa shape index (κ3) is 3.85. The molecule has 3 nitrogen and oxygen atoms in total. The minimum Gasteiger partial charge on any atom is -0.462 e. The number of ether oxygens (including phenoxy) is 1. The lowest BCUT2D eigenvalue weighted by atomic mass is 9.89. The van der Waals surface area contributed by atoms with Gasteiger partial charge in [0.2, 0.25) is 0 Å². The fourth-order valence-electron chi connectivity index (χ4n) is 4.07. The van der Waals surface area contributed by atoms with Crippen molar-refractivity contribution in [3.05, 3.63) is 29.8 Å². The Morgan fingerprint density at radius 3 is 1.58 bits per heavy atom. The van der Waals surface area contributed by atoms with Crippen LogP contribution in [0.3, 0.4) is 0 Å². The molecule has 0 N–H and O–H groups in total. The first kappa shape index (κ1) is 25.6. The maximum absolute atomic E-state index is 13.0. The predicted molar refractivity (Wildman–Crippen MR) is 90.4 cm³/mol. The fraction of sp³-hybridized carbons (Fsp3) is 0.684. The maximum Gasteiger partial charge on any atom is 0.447 e. The van der Waals surface area contributed by atoms with Crippen molar-refractivity contribution >= 4 is 0 Å². The van der Waals surface area contributed by atoms with Crippen LogP contribution in [0.5, 0.6) is 5.75 Å². The highest BCUT2D eigenvalue weighted by molar-refractivity contribution is 5.34. The van der Waals surface area contributed by atoms with Crippen molar-refractivity contribution in [3.8, 4) is 5.75 Å². The van der Waals surface area contributed by atoms with Gasteiger partial charge in [0.1, 0.15) is 5.75 Å². The van der Waals surface area contributed by atoms with Gasteiger partial charge in [-0.2, -0.15) is 39.5 Å². The summed E-state index contributed by atoms with van der Waals surface area (Å²) in [5.41, 5.74) is -7.97. The van der Waals surface area contributed by atoms with Gasteiger partial charge in [-0.25, -0.2) is 0 Å². The molecule has 0 amide bonds. The molecular formula is C19H21F9NO2. The molecule has 177 valence electrons. The molecule has 0 bridgehead atoms. The van der Waals surface area contributed by atoms with E-state index in [4.69, 9.17) is 0 Å². The van der Waals surface area contributed by atoms with E-state index in [2.05, 4.69) is 4.74 Å². The fourth-order valence-corrected chi connectivity index (χ4v) is 4.07. The largest absolute Gasteiger partial charge is 0.462 e. The molecule has 1 unspecified atom stereocenters. The Morgan fingerprint density at radius 1 is 0.839 bits per heavy atom. The van der Waals surface area contributed by atoms with Crippen LogP contribution in [0.2, 0.25) is 0 Å². The van der Waals surface area contributed by atoms with E-state index in [9.17, 15) is 44.7 Å². The van der Waals surface area contributed by atoms with Gasteiger partial charge in [0, 0.05) is 5.54 Å². The lowest BCUT2D eigenvalue weighted by Gasteiger charge is -2.39. The van der Waals surface area contributed by atoms with Crippen molar-refractivity contribution in [2.45, 2.75) is 81.7 Å². The smallest absolute Gasteiger partial charge is 0.447 e. The normalized spacial score (nSPS) is 23.3. The number of hydroxylamine groups is 2. The van der Waals surface area contributed by atoms with Crippen LogP contribution in [-0.4, -0.2) is 34.7 Å². The quantitative estimate of drug-likeness (QED) is 0.452. The molecule has 1 aliphatic rings. The summed E-state index contributed by atoms with van der Waals surface area (Å²) in [4.78, 5) is 0. The second kappa shape index (κ2) is 7.72. The standard InChI is InChI=1S/C19H21F9NO2/c1-4-15(5-2)11-10-14(3,29(15)30)12-6-8-13(9-7-12)31-16(17(20,21)22,18(23,24)25)19(26,27)28/h6-9H,4-5,10-11H2,1-3H3. The number of hydrogen-bond acceptors (Lipinski definition) is 2. The Morgan fingerprint density at radius 2 is 1.26 bits per heavy atom. The van der Waals surface area contributed by atoms with Crippen LogP contribution in [0, 0.1) is 0 Å². The zero-order chi connectivity index (χ0) is 24.1. The first-order chi connectivity index (χ1) is 13.9. The van der Waals surface area contributed by atoms with Crippen molar-refractivity contribution in [2.75, 3.05) is 0 Å². The lowest BCUT2D eigenvalue weighted by molar-refractivity contribution is -0.436. The molecule has 1 radical (unpaired) electrons. The molecule has 31 heavy (non-hydrogen) atoms. The van der Waals surface area contributed by atoms with Crippen LogP contribution in [0.4, 0.5) is 39.5 Å². The second-order valence-corrected chi connectivity index (χ2v) is 7.80. The van der Waals surface area contributed by atoms with Crippen LogP contribution in [0.1, 0.15) is 52.0 Å². The highest BCUT2D eigenvalue weighted by Gasteiger charge is 2.87. The van der Waals surface area contributed by atoms with E-state index in [0.717, 1.165) is 17.2 Å². The number of halogens is 9. The van der Waals surface area contributed by atoms with Gasteiger partial charge in [-0.3, -0.25) is 0 Å². The van der Waals surface area contributed by atoms with Gasteiger partial charge >= 0.3 is 24.1 Å². The van der Waals surface area contributed by atoms with E-state index in [-0.39, 0.29) is 5.56 Å². The van der Waals surface area contributed by atoms with E-state index in [1.807, 2.05) is 13.8 Å². The molecular weight excluding hydrogens is 445 g/mol. The second-order valence-electron chi connectivity index (χ2n) is 7.80. The zero-order valence-electron chi connectivity index (χ0n) is 16.8. The summed E-state index contributed by atoms with van der Waals surface area (Å²) in [7, 11) is 0. The molecule has 0 saturated carbocycles. The van der Waals surface area contributed by atoms with Gasteiger partial charge in [0.15, 0.2) is 0 Å². The summed E-state index contributed by atoms with van der Waals surface area (Å²) >= 11 is 0. The van der Waals surface area contributed by atoms with Crippen LogP contribution in [0.15, 0.2) is 24.3 Å². The molecule has 1 heterocycles. The number of benzene rings is 1. The highest BCUT2D eigenvalue weighted by atomic mass is 19.4. The van der Waals surface area contributed by atoms with Gasteiger partial charge in [-0.1, -0.05) is 26.0 Å². The van der Waals surface area contributed by atoms with Crippen LogP contribution < -0.4 is 4.74 Å². The Bertz CT molecular complexity index is 731. The number of rotatable bonds is 5. The zero-order valence-corrected chi connectivity index (χ0v) is 16.8. The van der Waals surface area contributed by atoms with Gasteiger partial charge < -0.3 is 4.74 Å². The topological polar surface area (TPSA) is 32.4 Å². The average molecular weight is 466 g/mol. The van der Waals surface area contributed by atoms with E-state index in [1.165, 1.54) is 0 Å². The predicted octanol–water partition coefficient (Wildman–Crippen LogP) is 6.71. The molecule has 1 aliphatic heterocycles. The summed E-state index contributed by atoms with van der Waals surface area (Å²) in [6.45, 7) is 5.21. The van der Waals surface area contributed by atoms with Crippen molar-refractivity contribution in [1.29, 1.82) is 0 Å². The summed E-state index contributed by atoms with van der Waals surface area (Å²) in [6, 6.07) is 3.17. The summed E-state index contributed by atoms with van der Waals surface area (Å²) in [6.07, 6.45) is -18.6. The van der Waals surface area contributed by atoms with Crippen LogP contribution in [0.25, 0.3) is 0 Å². The number of hydrogen-bond donors (Lipinski definition) is 0. The van der Waals surface area contributed by atoms with E-state index < -0.39 is 41.0 Å². The van der Waals surface area contributed by atoms with Crippen molar-refractivity contribution in [2.24, 2.45) is 0 Å². The molecule has 1 saturated heterocycles. The van der Waals surface area contributed by atoms with Gasteiger partial charge in [-0.05, 0) is 50.3 Å². The van der Waals surface area contributed by atoms with E-state index >= 15 is 0 Å². The van der Waals surface area contributed by atoms with Crippen LogP contribution in [-0.2, 0) is 10.7 Å². The Kier molecular flexibility index (Phi) is 6.36. The Labute approximate surface area is 172 Å². The third-order valence-corrected chi connectivity index (χ3v) is 6.22. The summed E-state index contributed by atoms with van der Waals surface area (Å²) in [5, 5.41) is 13.8. The van der Waals surface area contributed by atoms with E-state index in [0.29, 0.717) is 37.8 Å². The molecule has 1 fully saturated rings. The lowest BCUT2D eigenvalue weighted by Crippen LogP contribution is -2.69. The minimum absolute atomic E-state index is 0.246. The van der Waals surface area contributed by atoms with Gasteiger partial charge in [0.05, 0.1) is 5.54 Å². The molecule has 12 heteroatoms.